The Hall–Kier alpha value is -0.790. The van der Waals surface area contributed by atoms with Gasteiger partial charge in [-0.3, -0.25) is 0 Å². The number of nitrogens with one attached hydrogen (secondary N) is 1. The van der Waals surface area contributed by atoms with Gasteiger partial charge in [-0.1, -0.05) is 20.8 Å². The molecule has 78 valence electrons. The molecule has 2 rings (SSSR count). The number of hydrogen-bond donors (Lipinski definition) is 1. The minimum atomic E-state index is 0.649. The molecule has 2 nitrogen and oxygen atoms in total. The van der Waals surface area contributed by atoms with E-state index in [1.807, 2.05) is 0 Å². The predicted molar refractivity (Wildman–Crippen MR) is 58.5 cm³/mol. The van der Waals surface area contributed by atoms with E-state index in [9.17, 15) is 0 Å². The highest BCUT2D eigenvalue weighted by atomic mass is 14.9. The van der Waals surface area contributed by atoms with Gasteiger partial charge in [0.1, 0.15) is 5.82 Å². The Kier molecular flexibility index (Phi) is 2.62. The van der Waals surface area contributed by atoms with E-state index in [0.717, 1.165) is 12.3 Å². The van der Waals surface area contributed by atoms with Gasteiger partial charge in [-0.05, 0) is 25.2 Å². The lowest BCUT2D eigenvalue weighted by atomic mass is 9.84. The molecule has 0 fully saturated rings. The summed E-state index contributed by atoms with van der Waals surface area (Å²) in [5, 5.41) is 0. The normalized spacial score (nSPS) is 26.2. The SMILES string of the molecule is CCCc1nc2c([nH]1)CC(C)CC2C. The Morgan fingerprint density at radius 2 is 2.21 bits per heavy atom. The second-order valence-corrected chi connectivity index (χ2v) is 4.74. The van der Waals surface area contributed by atoms with Gasteiger partial charge in [-0.15, -0.1) is 0 Å². The van der Waals surface area contributed by atoms with E-state index in [1.54, 1.807) is 0 Å². The van der Waals surface area contributed by atoms with Crippen molar-refractivity contribution in [2.75, 3.05) is 0 Å². The van der Waals surface area contributed by atoms with Crippen LogP contribution in [0.1, 0.15) is 56.7 Å². The van der Waals surface area contributed by atoms with Gasteiger partial charge in [0.15, 0.2) is 0 Å². The van der Waals surface area contributed by atoms with Gasteiger partial charge in [0.25, 0.3) is 0 Å². The molecule has 0 aliphatic heterocycles. The van der Waals surface area contributed by atoms with Crippen molar-refractivity contribution >= 4 is 0 Å². The molecular weight excluding hydrogens is 172 g/mol. The Morgan fingerprint density at radius 1 is 1.43 bits per heavy atom. The van der Waals surface area contributed by atoms with Gasteiger partial charge < -0.3 is 4.98 Å². The largest absolute Gasteiger partial charge is 0.346 e. The zero-order chi connectivity index (χ0) is 10.1. The molecule has 1 heterocycles. The lowest BCUT2D eigenvalue weighted by Gasteiger charge is -2.22. The topological polar surface area (TPSA) is 28.7 Å². The maximum absolute atomic E-state index is 4.70. The van der Waals surface area contributed by atoms with Crippen molar-refractivity contribution in [2.45, 2.75) is 52.4 Å². The highest BCUT2D eigenvalue weighted by Gasteiger charge is 2.24. The molecule has 0 amide bonds. The van der Waals surface area contributed by atoms with Gasteiger partial charge in [0.2, 0.25) is 0 Å². The molecule has 1 N–H and O–H groups in total. The van der Waals surface area contributed by atoms with Gasteiger partial charge in [0, 0.05) is 18.0 Å². The summed E-state index contributed by atoms with van der Waals surface area (Å²) in [6.07, 6.45) is 4.75. The van der Waals surface area contributed by atoms with Crippen LogP contribution < -0.4 is 0 Å². The van der Waals surface area contributed by atoms with Crippen LogP contribution in [0.5, 0.6) is 0 Å². The molecule has 2 heteroatoms. The molecule has 2 unspecified atom stereocenters. The van der Waals surface area contributed by atoms with E-state index in [2.05, 4.69) is 25.8 Å². The molecule has 14 heavy (non-hydrogen) atoms. The summed E-state index contributed by atoms with van der Waals surface area (Å²) >= 11 is 0. The van der Waals surface area contributed by atoms with Crippen molar-refractivity contribution in [1.82, 2.24) is 9.97 Å². The molecule has 0 radical (unpaired) electrons. The van der Waals surface area contributed by atoms with Crippen molar-refractivity contribution in [2.24, 2.45) is 5.92 Å². The number of aryl methyl sites for hydroxylation is 1. The van der Waals surface area contributed by atoms with Crippen molar-refractivity contribution < 1.29 is 0 Å². The molecular formula is C12H20N2. The number of hydrogen-bond acceptors (Lipinski definition) is 1. The van der Waals surface area contributed by atoms with Gasteiger partial charge in [-0.2, -0.15) is 0 Å². The van der Waals surface area contributed by atoms with Crippen molar-refractivity contribution in [3.63, 3.8) is 0 Å². The van der Waals surface area contributed by atoms with E-state index in [-0.39, 0.29) is 0 Å². The zero-order valence-corrected chi connectivity index (χ0v) is 9.43. The average Bonchev–Trinajstić information content (AvgIpc) is 2.48. The van der Waals surface area contributed by atoms with Crippen LogP contribution in [-0.2, 0) is 12.8 Å². The zero-order valence-electron chi connectivity index (χ0n) is 9.43. The first kappa shape index (κ1) is 9.75. The fourth-order valence-electron chi connectivity index (χ4n) is 2.54. The highest BCUT2D eigenvalue weighted by Crippen LogP contribution is 2.32. The first-order valence-corrected chi connectivity index (χ1v) is 5.78. The predicted octanol–water partition coefficient (Wildman–Crippen LogP) is 3.05. The van der Waals surface area contributed by atoms with Gasteiger partial charge in [-0.25, -0.2) is 4.98 Å². The first-order chi connectivity index (χ1) is 6.70. The second kappa shape index (κ2) is 3.76. The number of aromatic nitrogens is 2. The van der Waals surface area contributed by atoms with Gasteiger partial charge in [0.05, 0.1) is 5.69 Å². The quantitative estimate of drug-likeness (QED) is 0.766. The molecule has 1 aliphatic carbocycles. The third-order valence-corrected chi connectivity index (χ3v) is 3.12. The van der Waals surface area contributed by atoms with E-state index < -0.39 is 0 Å². The van der Waals surface area contributed by atoms with Crippen molar-refractivity contribution in [1.29, 1.82) is 0 Å². The maximum Gasteiger partial charge on any atom is 0.106 e. The van der Waals surface area contributed by atoms with Crippen LogP contribution in [0.25, 0.3) is 0 Å². The molecule has 0 saturated carbocycles. The first-order valence-electron chi connectivity index (χ1n) is 5.78. The van der Waals surface area contributed by atoms with Crippen LogP contribution >= 0.6 is 0 Å². The van der Waals surface area contributed by atoms with E-state index in [0.29, 0.717) is 5.92 Å². The summed E-state index contributed by atoms with van der Waals surface area (Å²) in [7, 11) is 0. The minimum absolute atomic E-state index is 0.649. The summed E-state index contributed by atoms with van der Waals surface area (Å²) in [6, 6.07) is 0. The number of fused-ring (bicyclic) bond motifs is 1. The van der Waals surface area contributed by atoms with E-state index in [4.69, 9.17) is 4.98 Å². The molecule has 1 aromatic rings. The van der Waals surface area contributed by atoms with Crippen LogP contribution in [0.3, 0.4) is 0 Å². The Bertz CT molecular complexity index is 314. The fraction of sp³-hybridized carbons (Fsp3) is 0.750. The summed E-state index contributed by atoms with van der Waals surface area (Å²) in [5.74, 6) is 2.65. The lowest BCUT2D eigenvalue weighted by molar-refractivity contribution is 0.440. The minimum Gasteiger partial charge on any atom is -0.346 e. The summed E-state index contributed by atoms with van der Waals surface area (Å²) in [5.41, 5.74) is 2.74. The van der Waals surface area contributed by atoms with Crippen molar-refractivity contribution in [3.05, 3.63) is 17.2 Å². The number of nitrogens with zero attached hydrogens (tertiary/aromatic N) is 1. The molecule has 0 saturated heterocycles. The monoisotopic (exact) mass is 192 g/mol. The van der Waals surface area contributed by atoms with Crippen LogP contribution in [0.15, 0.2) is 0 Å². The Morgan fingerprint density at radius 3 is 2.93 bits per heavy atom. The molecule has 2 atom stereocenters. The summed E-state index contributed by atoms with van der Waals surface area (Å²) in [6.45, 7) is 6.83. The van der Waals surface area contributed by atoms with Gasteiger partial charge >= 0.3 is 0 Å². The maximum atomic E-state index is 4.70. The van der Waals surface area contributed by atoms with Crippen LogP contribution in [0, 0.1) is 5.92 Å². The van der Waals surface area contributed by atoms with Crippen LogP contribution in [0.2, 0.25) is 0 Å². The lowest BCUT2D eigenvalue weighted by Crippen LogP contribution is -2.14. The number of H-pyrrole nitrogens is 1. The van der Waals surface area contributed by atoms with E-state index in [1.165, 1.54) is 36.5 Å². The number of rotatable bonds is 2. The summed E-state index contributed by atoms with van der Waals surface area (Å²) < 4.78 is 0. The molecule has 1 aromatic heterocycles. The second-order valence-electron chi connectivity index (χ2n) is 4.74. The highest BCUT2D eigenvalue weighted by molar-refractivity contribution is 5.22. The van der Waals surface area contributed by atoms with Crippen molar-refractivity contribution in [3.8, 4) is 0 Å². The third kappa shape index (κ3) is 1.70. The fourth-order valence-corrected chi connectivity index (χ4v) is 2.54. The number of imidazole rings is 1. The third-order valence-electron chi connectivity index (χ3n) is 3.12. The van der Waals surface area contributed by atoms with E-state index >= 15 is 0 Å². The van der Waals surface area contributed by atoms with Crippen LogP contribution in [0.4, 0.5) is 0 Å². The summed E-state index contributed by atoms with van der Waals surface area (Å²) in [4.78, 5) is 8.18. The number of aromatic amines is 1. The molecule has 0 bridgehead atoms. The molecule has 1 aliphatic rings. The molecule has 0 aromatic carbocycles. The Balaban J connectivity index is 2.26. The Labute approximate surface area is 86.1 Å². The smallest absolute Gasteiger partial charge is 0.106 e. The van der Waals surface area contributed by atoms with Crippen LogP contribution in [-0.4, -0.2) is 9.97 Å². The standard InChI is InChI=1S/C12H20N2/c1-4-5-11-13-10-7-8(2)6-9(3)12(10)14-11/h8-9H,4-7H2,1-3H3,(H,13,14). The average molecular weight is 192 g/mol. The molecule has 0 spiro atoms.